The van der Waals surface area contributed by atoms with E-state index in [0.717, 1.165) is 18.5 Å². The van der Waals surface area contributed by atoms with Crippen LogP contribution in [0.15, 0.2) is 41.3 Å². The molecule has 3 heterocycles. The number of anilines is 1. The van der Waals surface area contributed by atoms with Gasteiger partial charge in [-0.05, 0) is 38.0 Å². The van der Waals surface area contributed by atoms with E-state index in [2.05, 4.69) is 15.3 Å². The minimum Gasteiger partial charge on any atom is -0.449 e. The molecule has 0 fully saturated rings. The van der Waals surface area contributed by atoms with Crippen LogP contribution in [-0.2, 0) is 17.8 Å². The van der Waals surface area contributed by atoms with Gasteiger partial charge in [0, 0.05) is 32.4 Å². The fraction of sp³-hybridized carbons (Fsp3) is 0.381. The number of hydrogen-bond acceptors (Lipinski definition) is 6. The Morgan fingerprint density at radius 1 is 1.21 bits per heavy atom. The summed E-state index contributed by atoms with van der Waals surface area (Å²) in [6.07, 6.45) is 2.60. The van der Waals surface area contributed by atoms with Crippen LogP contribution >= 0.6 is 0 Å². The highest BCUT2D eigenvalue weighted by molar-refractivity contribution is 5.65. The average Bonchev–Trinajstić information content (AvgIpc) is 3.27. The van der Waals surface area contributed by atoms with E-state index >= 15 is 0 Å². The zero-order chi connectivity index (χ0) is 20.4. The highest BCUT2D eigenvalue weighted by atomic mass is 16.5. The Kier molecular flexibility index (Phi) is 5.35. The molecule has 1 aliphatic heterocycles. The lowest BCUT2D eigenvalue weighted by molar-refractivity contribution is 0.190. The van der Waals surface area contributed by atoms with Crippen molar-refractivity contribution in [1.82, 2.24) is 19.3 Å². The molecular formula is C21H25N5O3. The number of nitrogens with one attached hydrogen (secondary N) is 1. The first-order valence-electron chi connectivity index (χ1n) is 9.74. The zero-order valence-corrected chi connectivity index (χ0v) is 16.9. The van der Waals surface area contributed by atoms with Gasteiger partial charge in [-0.25, -0.2) is 14.6 Å². The minimum atomic E-state index is -0.137. The van der Waals surface area contributed by atoms with Gasteiger partial charge in [-0.15, -0.1) is 0 Å². The number of benzene rings is 1. The highest BCUT2D eigenvalue weighted by Gasteiger charge is 2.27. The van der Waals surface area contributed by atoms with Crippen LogP contribution in [0.3, 0.4) is 0 Å². The van der Waals surface area contributed by atoms with Gasteiger partial charge in [-0.2, -0.15) is 0 Å². The third-order valence-electron chi connectivity index (χ3n) is 4.93. The van der Waals surface area contributed by atoms with Gasteiger partial charge in [0.05, 0.1) is 12.3 Å². The van der Waals surface area contributed by atoms with Crippen molar-refractivity contribution in [3.05, 3.63) is 52.4 Å². The van der Waals surface area contributed by atoms with Crippen LogP contribution in [0.25, 0.3) is 11.4 Å². The largest absolute Gasteiger partial charge is 0.449 e. The zero-order valence-electron chi connectivity index (χ0n) is 16.9. The SMILES string of the molecule is COC[C@H](C)Nc1nccc(-c2c(Oc3ccccc3C)c(=O)n3n2CCC3)n1. The van der Waals surface area contributed by atoms with Crippen molar-refractivity contribution in [3.8, 4) is 22.9 Å². The van der Waals surface area contributed by atoms with Crippen molar-refractivity contribution in [1.29, 1.82) is 0 Å². The van der Waals surface area contributed by atoms with Crippen molar-refractivity contribution in [2.75, 3.05) is 19.0 Å². The van der Waals surface area contributed by atoms with Crippen molar-refractivity contribution in [2.45, 2.75) is 39.4 Å². The summed E-state index contributed by atoms with van der Waals surface area (Å²) in [5.41, 5.74) is 2.16. The molecule has 8 nitrogen and oxygen atoms in total. The number of para-hydroxylation sites is 1. The maximum absolute atomic E-state index is 13.1. The lowest BCUT2D eigenvalue weighted by Gasteiger charge is -2.14. The quantitative estimate of drug-likeness (QED) is 0.662. The Labute approximate surface area is 169 Å². The van der Waals surface area contributed by atoms with E-state index in [4.69, 9.17) is 9.47 Å². The number of aryl methyl sites for hydroxylation is 1. The Morgan fingerprint density at radius 2 is 2.00 bits per heavy atom. The molecule has 1 atom stereocenters. The molecule has 1 aromatic carbocycles. The summed E-state index contributed by atoms with van der Waals surface area (Å²) in [6, 6.07) is 9.52. The first-order chi connectivity index (χ1) is 14.1. The van der Waals surface area contributed by atoms with Crippen molar-refractivity contribution < 1.29 is 9.47 Å². The number of fused-ring (bicyclic) bond motifs is 1. The standard InChI is InChI=1S/C21H25N5O3/c1-14-7-4-5-8-17(14)29-19-18(25-11-6-12-26(25)20(19)27)16-9-10-22-21(24-16)23-15(2)13-28-3/h4-5,7-10,15H,6,11-13H2,1-3H3,(H,22,23,24)/t15-/m0/s1. The molecule has 0 saturated heterocycles. The predicted molar refractivity (Wildman–Crippen MR) is 111 cm³/mol. The van der Waals surface area contributed by atoms with Crippen LogP contribution in [0.2, 0.25) is 0 Å². The van der Waals surface area contributed by atoms with Gasteiger partial charge in [0.1, 0.15) is 11.4 Å². The molecule has 0 unspecified atom stereocenters. The van der Waals surface area contributed by atoms with Crippen LogP contribution in [0.1, 0.15) is 18.9 Å². The summed E-state index contributed by atoms with van der Waals surface area (Å²) in [5.74, 6) is 1.45. The van der Waals surface area contributed by atoms with E-state index in [1.807, 2.05) is 42.8 Å². The number of aromatic nitrogens is 4. The van der Waals surface area contributed by atoms with Gasteiger partial charge in [-0.3, -0.25) is 9.48 Å². The number of nitrogens with zero attached hydrogens (tertiary/aromatic N) is 4. The molecule has 8 heteroatoms. The summed E-state index contributed by atoms with van der Waals surface area (Å²) >= 11 is 0. The molecule has 0 spiro atoms. The maximum atomic E-state index is 13.1. The smallest absolute Gasteiger partial charge is 0.310 e. The molecule has 152 valence electrons. The summed E-state index contributed by atoms with van der Waals surface area (Å²) in [7, 11) is 1.65. The van der Waals surface area contributed by atoms with Crippen molar-refractivity contribution in [3.63, 3.8) is 0 Å². The molecule has 1 N–H and O–H groups in total. The van der Waals surface area contributed by atoms with E-state index in [9.17, 15) is 4.79 Å². The second-order valence-corrected chi connectivity index (χ2v) is 7.22. The molecule has 29 heavy (non-hydrogen) atoms. The van der Waals surface area contributed by atoms with Crippen LogP contribution in [0.5, 0.6) is 11.5 Å². The van der Waals surface area contributed by atoms with E-state index in [-0.39, 0.29) is 11.6 Å². The van der Waals surface area contributed by atoms with E-state index in [1.165, 1.54) is 0 Å². The third-order valence-corrected chi connectivity index (χ3v) is 4.93. The monoisotopic (exact) mass is 395 g/mol. The molecule has 0 amide bonds. The van der Waals surface area contributed by atoms with E-state index < -0.39 is 0 Å². The summed E-state index contributed by atoms with van der Waals surface area (Å²) in [5, 5.41) is 3.22. The fourth-order valence-corrected chi connectivity index (χ4v) is 3.58. The van der Waals surface area contributed by atoms with E-state index in [1.54, 1.807) is 24.1 Å². The minimum absolute atomic E-state index is 0.0559. The molecule has 0 radical (unpaired) electrons. The summed E-state index contributed by atoms with van der Waals surface area (Å²) in [6.45, 7) is 5.90. The number of hydrogen-bond donors (Lipinski definition) is 1. The van der Waals surface area contributed by atoms with Crippen LogP contribution in [0.4, 0.5) is 5.95 Å². The van der Waals surface area contributed by atoms with Gasteiger partial charge in [0.15, 0.2) is 0 Å². The second-order valence-electron chi connectivity index (χ2n) is 7.22. The molecule has 2 aromatic heterocycles. The first kappa shape index (κ1) is 19.2. The summed E-state index contributed by atoms with van der Waals surface area (Å²) < 4.78 is 15.0. The highest BCUT2D eigenvalue weighted by Crippen LogP contribution is 2.33. The van der Waals surface area contributed by atoms with Gasteiger partial charge < -0.3 is 14.8 Å². The Balaban J connectivity index is 1.77. The number of rotatable bonds is 7. The summed E-state index contributed by atoms with van der Waals surface area (Å²) in [4.78, 5) is 22.0. The van der Waals surface area contributed by atoms with Gasteiger partial charge in [0.2, 0.25) is 11.7 Å². The lowest BCUT2D eigenvalue weighted by atomic mass is 10.2. The number of methoxy groups -OCH3 is 1. The normalized spacial score (nSPS) is 13.9. The molecular weight excluding hydrogens is 370 g/mol. The molecule has 0 aliphatic carbocycles. The van der Waals surface area contributed by atoms with Crippen LogP contribution in [-0.4, -0.2) is 39.1 Å². The number of ether oxygens (including phenoxy) is 2. The topological polar surface area (TPSA) is 83.2 Å². The molecule has 1 aliphatic rings. The van der Waals surface area contributed by atoms with E-state index in [0.29, 0.717) is 42.0 Å². The van der Waals surface area contributed by atoms with Gasteiger partial charge in [-0.1, -0.05) is 18.2 Å². The Morgan fingerprint density at radius 3 is 2.79 bits per heavy atom. The fourth-order valence-electron chi connectivity index (χ4n) is 3.58. The second kappa shape index (κ2) is 8.08. The first-order valence-corrected chi connectivity index (χ1v) is 9.74. The van der Waals surface area contributed by atoms with Crippen LogP contribution < -0.4 is 15.6 Å². The molecule has 4 rings (SSSR count). The Hall–Kier alpha value is -3.13. The predicted octanol–water partition coefficient (Wildman–Crippen LogP) is 3.06. The molecule has 0 bridgehead atoms. The van der Waals surface area contributed by atoms with Crippen molar-refractivity contribution in [2.24, 2.45) is 0 Å². The third kappa shape index (κ3) is 3.75. The van der Waals surface area contributed by atoms with Crippen LogP contribution in [0, 0.1) is 6.92 Å². The molecule has 0 saturated carbocycles. The van der Waals surface area contributed by atoms with Gasteiger partial charge >= 0.3 is 5.56 Å². The lowest BCUT2D eigenvalue weighted by Crippen LogP contribution is -2.22. The Bertz CT molecular complexity index is 1070. The maximum Gasteiger partial charge on any atom is 0.310 e. The molecule has 3 aromatic rings. The van der Waals surface area contributed by atoms with Crippen molar-refractivity contribution >= 4 is 5.95 Å². The average molecular weight is 395 g/mol. The van der Waals surface area contributed by atoms with Gasteiger partial charge in [0.25, 0.3) is 0 Å².